The summed E-state index contributed by atoms with van der Waals surface area (Å²) in [7, 11) is 0. The van der Waals surface area contributed by atoms with Crippen LogP contribution >= 0.6 is 39.9 Å². The first kappa shape index (κ1) is 18.7. The number of guanidine groups is 1. The van der Waals surface area contributed by atoms with Crippen molar-refractivity contribution in [1.29, 1.82) is 0 Å². The van der Waals surface area contributed by atoms with E-state index in [9.17, 15) is 0 Å². The van der Waals surface area contributed by atoms with Crippen molar-refractivity contribution >= 4 is 45.9 Å². The van der Waals surface area contributed by atoms with Gasteiger partial charge in [-0.15, -0.1) is 24.0 Å². The van der Waals surface area contributed by atoms with Crippen LogP contribution < -0.4 is 11.1 Å². The van der Waals surface area contributed by atoms with Gasteiger partial charge in [0.2, 0.25) is 0 Å². The lowest BCUT2D eigenvalue weighted by atomic mass is 10.2. The summed E-state index contributed by atoms with van der Waals surface area (Å²) in [4.78, 5) is 6.88. The molecule has 6 heteroatoms. The number of nitrogens with one attached hydrogen (secondary N) is 1. The Bertz CT molecular complexity index is 449. The molecule has 1 unspecified atom stereocenters. The van der Waals surface area contributed by atoms with Gasteiger partial charge in [0.25, 0.3) is 0 Å². The number of benzene rings is 1. The average molecular weight is 467 g/mol. The lowest BCUT2D eigenvalue weighted by Gasteiger charge is -2.23. The first-order valence-corrected chi connectivity index (χ1v) is 8.00. The lowest BCUT2D eigenvalue weighted by molar-refractivity contribution is 0.267. The summed E-state index contributed by atoms with van der Waals surface area (Å²) >= 11 is 3.42. The number of hydrogen-bond acceptors (Lipinski definition) is 2. The van der Waals surface area contributed by atoms with E-state index in [2.05, 4.69) is 50.2 Å². The molecule has 118 valence electrons. The third-order valence-corrected chi connectivity index (χ3v) is 4.30. The van der Waals surface area contributed by atoms with Crippen LogP contribution in [0.4, 0.5) is 0 Å². The van der Waals surface area contributed by atoms with Gasteiger partial charge in [-0.25, -0.2) is 4.99 Å². The van der Waals surface area contributed by atoms with Gasteiger partial charge in [-0.3, -0.25) is 4.90 Å². The van der Waals surface area contributed by atoms with Crippen molar-refractivity contribution in [2.24, 2.45) is 10.7 Å². The minimum atomic E-state index is 0. The minimum absolute atomic E-state index is 0. The molecule has 1 atom stereocenters. The lowest BCUT2D eigenvalue weighted by Crippen LogP contribution is -2.42. The van der Waals surface area contributed by atoms with Gasteiger partial charge < -0.3 is 11.1 Å². The molecule has 0 spiro atoms. The molecule has 1 aromatic rings. The van der Waals surface area contributed by atoms with Crippen molar-refractivity contribution in [3.63, 3.8) is 0 Å². The molecule has 1 aliphatic heterocycles. The molecule has 1 saturated heterocycles. The summed E-state index contributed by atoms with van der Waals surface area (Å²) in [6, 6.07) is 8.74. The maximum absolute atomic E-state index is 5.93. The molecule has 1 heterocycles. The first-order chi connectivity index (χ1) is 9.69. The van der Waals surface area contributed by atoms with Crippen LogP contribution in [0.25, 0.3) is 0 Å². The second-order valence-electron chi connectivity index (χ2n) is 5.13. The number of halogens is 2. The fourth-order valence-corrected chi connectivity index (χ4v) is 2.85. The molecule has 1 aromatic carbocycles. The highest BCUT2D eigenvalue weighted by atomic mass is 127. The fourth-order valence-electron chi connectivity index (χ4n) is 2.59. The van der Waals surface area contributed by atoms with E-state index in [0.717, 1.165) is 23.1 Å². The van der Waals surface area contributed by atoms with Crippen molar-refractivity contribution in [2.75, 3.05) is 19.6 Å². The van der Waals surface area contributed by atoms with E-state index < -0.39 is 0 Å². The Morgan fingerprint density at radius 1 is 1.43 bits per heavy atom. The summed E-state index contributed by atoms with van der Waals surface area (Å²) in [5, 5.41) is 3.25. The van der Waals surface area contributed by atoms with Gasteiger partial charge in [-0.2, -0.15) is 0 Å². The highest BCUT2D eigenvalue weighted by Crippen LogP contribution is 2.15. The third kappa shape index (κ3) is 6.12. The van der Waals surface area contributed by atoms with Crippen molar-refractivity contribution < 1.29 is 0 Å². The molecule has 0 radical (unpaired) electrons. The molecule has 0 aromatic heterocycles. The maximum Gasteiger partial charge on any atom is 0.188 e. The van der Waals surface area contributed by atoms with Gasteiger partial charge in [0.15, 0.2) is 5.96 Å². The Hall–Kier alpha value is -0.340. The van der Waals surface area contributed by atoms with E-state index in [1.165, 1.54) is 19.4 Å². The molecule has 0 amide bonds. The van der Waals surface area contributed by atoms with Crippen LogP contribution in [0.1, 0.15) is 25.3 Å². The minimum Gasteiger partial charge on any atom is -0.370 e. The number of likely N-dealkylation sites (N-methyl/N-ethyl adjacent to an activating group) is 1. The molecule has 1 aliphatic rings. The van der Waals surface area contributed by atoms with Crippen molar-refractivity contribution in [1.82, 2.24) is 10.2 Å². The Kier molecular flexibility index (Phi) is 8.58. The summed E-state index contributed by atoms with van der Waals surface area (Å²) in [5.41, 5.74) is 7.09. The van der Waals surface area contributed by atoms with Crippen molar-refractivity contribution in [3.8, 4) is 0 Å². The summed E-state index contributed by atoms with van der Waals surface area (Å²) in [6.07, 6.45) is 2.54. The number of likely N-dealkylation sites (tertiary alicyclic amines) is 1. The van der Waals surface area contributed by atoms with Gasteiger partial charge in [0, 0.05) is 17.1 Å². The quantitative estimate of drug-likeness (QED) is 0.398. The van der Waals surface area contributed by atoms with Gasteiger partial charge >= 0.3 is 0 Å². The zero-order valence-corrected chi connectivity index (χ0v) is 16.3. The molecule has 2 rings (SSSR count). The highest BCUT2D eigenvalue weighted by molar-refractivity contribution is 14.0. The Balaban J connectivity index is 0.00000220. The zero-order valence-electron chi connectivity index (χ0n) is 12.4. The smallest absolute Gasteiger partial charge is 0.188 e. The molecular formula is C15H24BrIN4. The highest BCUT2D eigenvalue weighted by Gasteiger charge is 2.22. The van der Waals surface area contributed by atoms with E-state index in [4.69, 9.17) is 5.73 Å². The van der Waals surface area contributed by atoms with Crippen LogP contribution in [0.5, 0.6) is 0 Å². The van der Waals surface area contributed by atoms with Crippen molar-refractivity contribution in [3.05, 3.63) is 34.3 Å². The molecule has 1 fully saturated rings. The van der Waals surface area contributed by atoms with Crippen LogP contribution in [0.3, 0.4) is 0 Å². The van der Waals surface area contributed by atoms with E-state index in [1.807, 2.05) is 12.1 Å². The van der Waals surface area contributed by atoms with Gasteiger partial charge in [0.05, 0.1) is 6.54 Å². The Morgan fingerprint density at radius 2 is 2.14 bits per heavy atom. The van der Waals surface area contributed by atoms with E-state index in [0.29, 0.717) is 18.5 Å². The first-order valence-electron chi connectivity index (χ1n) is 7.21. The molecule has 0 aliphatic carbocycles. The summed E-state index contributed by atoms with van der Waals surface area (Å²) in [6.45, 7) is 6.04. The number of rotatable bonds is 5. The SMILES string of the molecule is CCN1CCCC1CNC(N)=NCc1ccc(Br)cc1.I. The van der Waals surface area contributed by atoms with E-state index in [1.54, 1.807) is 0 Å². The van der Waals surface area contributed by atoms with Crippen LogP contribution in [0, 0.1) is 0 Å². The van der Waals surface area contributed by atoms with Crippen LogP contribution in [-0.4, -0.2) is 36.5 Å². The molecule has 0 saturated carbocycles. The summed E-state index contributed by atoms with van der Waals surface area (Å²) < 4.78 is 1.08. The van der Waals surface area contributed by atoms with E-state index >= 15 is 0 Å². The molecular weight excluding hydrogens is 443 g/mol. The molecule has 4 nitrogen and oxygen atoms in total. The Labute approximate surface area is 152 Å². The second kappa shape index (κ2) is 9.63. The van der Waals surface area contributed by atoms with E-state index in [-0.39, 0.29) is 24.0 Å². The number of aliphatic imine (C=N–C) groups is 1. The molecule has 0 bridgehead atoms. The summed E-state index contributed by atoms with van der Waals surface area (Å²) in [5.74, 6) is 0.538. The standard InChI is InChI=1S/C15H23BrN4.HI/c1-2-20-9-3-4-14(20)11-19-15(17)18-10-12-5-7-13(16)8-6-12;/h5-8,14H,2-4,9-11H2,1H3,(H3,17,18,19);1H. The topological polar surface area (TPSA) is 53.6 Å². The largest absolute Gasteiger partial charge is 0.370 e. The van der Waals surface area contributed by atoms with Crippen molar-refractivity contribution in [2.45, 2.75) is 32.4 Å². The molecule has 3 N–H and O–H groups in total. The maximum atomic E-state index is 5.93. The zero-order chi connectivity index (χ0) is 14.4. The van der Waals surface area contributed by atoms with Gasteiger partial charge in [0.1, 0.15) is 0 Å². The fraction of sp³-hybridized carbons (Fsp3) is 0.533. The monoisotopic (exact) mass is 466 g/mol. The van der Waals surface area contributed by atoms with Gasteiger partial charge in [-0.1, -0.05) is 35.0 Å². The van der Waals surface area contributed by atoms with Crippen LogP contribution in [0.2, 0.25) is 0 Å². The number of nitrogens with zero attached hydrogens (tertiary/aromatic N) is 2. The predicted molar refractivity (Wildman–Crippen MR) is 103 cm³/mol. The number of hydrogen-bond donors (Lipinski definition) is 2. The van der Waals surface area contributed by atoms with Crippen LogP contribution in [-0.2, 0) is 6.54 Å². The average Bonchev–Trinajstić information content (AvgIpc) is 2.92. The predicted octanol–water partition coefficient (Wildman–Crippen LogP) is 2.96. The third-order valence-electron chi connectivity index (χ3n) is 3.77. The second-order valence-corrected chi connectivity index (χ2v) is 6.05. The normalized spacial score (nSPS) is 19.3. The molecule has 21 heavy (non-hydrogen) atoms. The van der Waals surface area contributed by atoms with Crippen LogP contribution in [0.15, 0.2) is 33.7 Å². The Morgan fingerprint density at radius 3 is 2.81 bits per heavy atom. The van der Waals surface area contributed by atoms with Gasteiger partial charge in [-0.05, 0) is 43.6 Å². The number of nitrogens with two attached hydrogens (primary N) is 1.